The number of benzene rings is 1. The molecule has 4 heteroatoms. The summed E-state index contributed by atoms with van der Waals surface area (Å²) in [7, 11) is 1.66. The molecule has 2 aromatic rings. The summed E-state index contributed by atoms with van der Waals surface area (Å²) in [6.07, 6.45) is 3.59. The van der Waals surface area contributed by atoms with Gasteiger partial charge in [0.1, 0.15) is 5.75 Å². The van der Waals surface area contributed by atoms with E-state index in [-0.39, 0.29) is 11.7 Å². The largest absolute Gasteiger partial charge is 0.497 e. The number of nitrogens with zero attached hydrogens (tertiary/aromatic N) is 2. The summed E-state index contributed by atoms with van der Waals surface area (Å²) in [5.74, 6) is 1.88. The van der Waals surface area contributed by atoms with Gasteiger partial charge in [-0.05, 0) is 51.2 Å². The van der Waals surface area contributed by atoms with Crippen LogP contribution >= 0.6 is 0 Å². The highest BCUT2D eigenvalue weighted by molar-refractivity contribution is 5.68. The molecular formula is C19H22N2O2. The van der Waals surface area contributed by atoms with Gasteiger partial charge in [-0.1, -0.05) is 12.1 Å². The van der Waals surface area contributed by atoms with Crippen LogP contribution in [-0.4, -0.2) is 16.7 Å². The Labute approximate surface area is 136 Å². The minimum atomic E-state index is -0.121. The SMILES string of the molecule is COc1cccc(-c2nc(=O)n(C(C)C)c3c2C2CCC3C2)c1. The maximum absolute atomic E-state index is 12.7. The highest BCUT2D eigenvalue weighted by Crippen LogP contribution is 2.55. The predicted octanol–water partition coefficient (Wildman–Crippen LogP) is 3.86. The first-order chi connectivity index (χ1) is 11.1. The van der Waals surface area contributed by atoms with Gasteiger partial charge in [-0.2, -0.15) is 4.98 Å². The molecule has 2 bridgehead atoms. The Morgan fingerprint density at radius 1 is 1.26 bits per heavy atom. The molecule has 0 saturated heterocycles. The molecule has 1 heterocycles. The third-order valence-corrected chi connectivity index (χ3v) is 5.29. The molecule has 0 spiro atoms. The summed E-state index contributed by atoms with van der Waals surface area (Å²) in [5.41, 5.74) is 4.29. The van der Waals surface area contributed by atoms with E-state index < -0.39 is 0 Å². The molecular weight excluding hydrogens is 288 g/mol. The molecule has 0 amide bonds. The van der Waals surface area contributed by atoms with E-state index in [1.165, 1.54) is 30.5 Å². The number of fused-ring (bicyclic) bond motifs is 5. The van der Waals surface area contributed by atoms with Crippen molar-refractivity contribution in [2.75, 3.05) is 7.11 Å². The van der Waals surface area contributed by atoms with Crippen LogP contribution in [0.5, 0.6) is 5.75 Å². The monoisotopic (exact) mass is 310 g/mol. The topological polar surface area (TPSA) is 44.1 Å². The Bertz CT molecular complexity index is 823. The average Bonchev–Trinajstić information content (AvgIpc) is 3.15. The summed E-state index contributed by atoms with van der Waals surface area (Å²) in [4.78, 5) is 17.1. The number of hydrogen-bond donors (Lipinski definition) is 0. The van der Waals surface area contributed by atoms with E-state index in [0.29, 0.717) is 11.8 Å². The van der Waals surface area contributed by atoms with Gasteiger partial charge in [-0.15, -0.1) is 0 Å². The molecule has 1 aromatic heterocycles. The van der Waals surface area contributed by atoms with Crippen molar-refractivity contribution in [3.63, 3.8) is 0 Å². The van der Waals surface area contributed by atoms with Crippen molar-refractivity contribution in [1.29, 1.82) is 0 Å². The van der Waals surface area contributed by atoms with Crippen molar-refractivity contribution >= 4 is 0 Å². The maximum atomic E-state index is 12.7. The lowest BCUT2D eigenvalue weighted by atomic mass is 9.91. The van der Waals surface area contributed by atoms with Gasteiger partial charge in [-0.25, -0.2) is 4.79 Å². The number of methoxy groups -OCH3 is 1. The van der Waals surface area contributed by atoms with Gasteiger partial charge < -0.3 is 4.74 Å². The first-order valence-corrected chi connectivity index (χ1v) is 8.41. The van der Waals surface area contributed by atoms with E-state index in [1.807, 2.05) is 28.8 Å². The molecule has 120 valence electrons. The van der Waals surface area contributed by atoms with Crippen LogP contribution in [0.1, 0.15) is 62.2 Å². The summed E-state index contributed by atoms with van der Waals surface area (Å²) in [6, 6.07) is 8.04. The molecule has 2 aliphatic rings. The predicted molar refractivity (Wildman–Crippen MR) is 90.2 cm³/mol. The molecule has 4 rings (SSSR count). The van der Waals surface area contributed by atoms with E-state index in [1.54, 1.807) is 7.11 Å². The zero-order chi connectivity index (χ0) is 16.1. The van der Waals surface area contributed by atoms with Crippen LogP contribution in [0.3, 0.4) is 0 Å². The van der Waals surface area contributed by atoms with Crippen LogP contribution in [0.2, 0.25) is 0 Å². The Hall–Kier alpha value is -2.10. The standard InChI is InChI=1S/C19H22N2O2/c1-11(2)21-18-14-8-7-12(9-14)16(18)17(20-19(21)22)13-5-4-6-15(10-13)23-3/h4-6,10-12,14H,7-9H2,1-3H3. The highest BCUT2D eigenvalue weighted by Gasteiger charge is 2.42. The first-order valence-electron chi connectivity index (χ1n) is 8.41. The fourth-order valence-corrected chi connectivity index (χ4v) is 4.36. The van der Waals surface area contributed by atoms with Gasteiger partial charge >= 0.3 is 5.69 Å². The number of aromatic nitrogens is 2. The third kappa shape index (κ3) is 2.12. The molecule has 0 radical (unpaired) electrons. The Morgan fingerprint density at radius 3 is 2.78 bits per heavy atom. The summed E-state index contributed by atoms with van der Waals surface area (Å²) >= 11 is 0. The van der Waals surface area contributed by atoms with Gasteiger partial charge in [0.25, 0.3) is 0 Å². The normalized spacial score (nSPS) is 21.7. The summed E-state index contributed by atoms with van der Waals surface area (Å²) in [6.45, 7) is 4.14. The molecule has 1 saturated carbocycles. The minimum absolute atomic E-state index is 0.121. The van der Waals surface area contributed by atoms with E-state index in [9.17, 15) is 4.79 Å². The molecule has 2 atom stereocenters. The lowest BCUT2D eigenvalue weighted by Crippen LogP contribution is -2.30. The molecule has 0 aliphatic heterocycles. The van der Waals surface area contributed by atoms with Crippen LogP contribution in [0.4, 0.5) is 0 Å². The second-order valence-electron chi connectivity index (χ2n) is 6.94. The zero-order valence-electron chi connectivity index (χ0n) is 13.9. The van der Waals surface area contributed by atoms with Gasteiger partial charge in [0.05, 0.1) is 12.8 Å². The van der Waals surface area contributed by atoms with Crippen LogP contribution in [0, 0.1) is 0 Å². The quantitative estimate of drug-likeness (QED) is 0.864. The first kappa shape index (κ1) is 14.5. The van der Waals surface area contributed by atoms with Crippen LogP contribution < -0.4 is 10.4 Å². The van der Waals surface area contributed by atoms with Gasteiger partial charge in [0, 0.05) is 28.8 Å². The molecule has 1 fully saturated rings. The van der Waals surface area contributed by atoms with E-state index in [4.69, 9.17) is 4.74 Å². The summed E-state index contributed by atoms with van der Waals surface area (Å²) < 4.78 is 7.26. The van der Waals surface area contributed by atoms with Crippen molar-refractivity contribution in [2.24, 2.45) is 0 Å². The van der Waals surface area contributed by atoms with Crippen molar-refractivity contribution in [2.45, 2.75) is 51.0 Å². The van der Waals surface area contributed by atoms with Crippen molar-refractivity contribution in [3.05, 3.63) is 46.0 Å². The van der Waals surface area contributed by atoms with Gasteiger partial charge in [0.15, 0.2) is 0 Å². The van der Waals surface area contributed by atoms with Crippen LogP contribution in [-0.2, 0) is 0 Å². The van der Waals surface area contributed by atoms with Crippen LogP contribution in [0.25, 0.3) is 11.3 Å². The lowest BCUT2D eigenvalue weighted by molar-refractivity contribution is 0.415. The molecule has 23 heavy (non-hydrogen) atoms. The average molecular weight is 310 g/mol. The molecule has 0 N–H and O–H groups in total. The molecule has 1 aromatic carbocycles. The lowest BCUT2D eigenvalue weighted by Gasteiger charge is -2.24. The molecule has 4 nitrogen and oxygen atoms in total. The maximum Gasteiger partial charge on any atom is 0.348 e. The smallest absolute Gasteiger partial charge is 0.348 e. The van der Waals surface area contributed by atoms with E-state index >= 15 is 0 Å². The van der Waals surface area contributed by atoms with Crippen LogP contribution in [0.15, 0.2) is 29.1 Å². The number of rotatable bonds is 3. The van der Waals surface area contributed by atoms with Gasteiger partial charge in [-0.3, -0.25) is 4.57 Å². The Balaban J connectivity index is 1.99. The molecule has 2 aliphatic carbocycles. The van der Waals surface area contributed by atoms with Gasteiger partial charge in [0.2, 0.25) is 0 Å². The Morgan fingerprint density at radius 2 is 2.04 bits per heavy atom. The summed E-state index contributed by atoms with van der Waals surface area (Å²) in [5, 5.41) is 0. The fraction of sp³-hybridized carbons (Fsp3) is 0.474. The van der Waals surface area contributed by atoms with Crippen molar-refractivity contribution in [3.8, 4) is 17.0 Å². The van der Waals surface area contributed by atoms with Crippen molar-refractivity contribution < 1.29 is 4.74 Å². The molecule has 2 unspecified atom stereocenters. The highest BCUT2D eigenvalue weighted by atomic mass is 16.5. The second-order valence-corrected chi connectivity index (χ2v) is 6.94. The fourth-order valence-electron chi connectivity index (χ4n) is 4.36. The van der Waals surface area contributed by atoms with E-state index in [0.717, 1.165) is 17.0 Å². The Kier molecular flexibility index (Phi) is 3.29. The third-order valence-electron chi connectivity index (χ3n) is 5.29. The van der Waals surface area contributed by atoms with E-state index in [2.05, 4.69) is 18.8 Å². The minimum Gasteiger partial charge on any atom is -0.497 e. The zero-order valence-corrected chi connectivity index (χ0v) is 13.9. The van der Waals surface area contributed by atoms with Crippen molar-refractivity contribution in [1.82, 2.24) is 9.55 Å². The second kappa shape index (κ2) is 5.22. The number of hydrogen-bond acceptors (Lipinski definition) is 3. The number of ether oxygens (including phenoxy) is 1.